The van der Waals surface area contributed by atoms with E-state index < -0.39 is 0 Å². The van der Waals surface area contributed by atoms with Crippen LogP contribution in [0.25, 0.3) is 0 Å². The van der Waals surface area contributed by atoms with E-state index in [2.05, 4.69) is 26.8 Å². The van der Waals surface area contributed by atoms with Gasteiger partial charge in [-0.25, -0.2) is 0 Å². The summed E-state index contributed by atoms with van der Waals surface area (Å²) in [6, 6.07) is 0. The zero-order valence-electron chi connectivity index (χ0n) is 5.50. The summed E-state index contributed by atoms with van der Waals surface area (Å²) in [7, 11) is 0. The molecule has 1 radical (unpaired) electrons. The van der Waals surface area contributed by atoms with Crippen molar-refractivity contribution in [2.24, 2.45) is 0 Å². The average molecular weight is 216 g/mol. The first-order valence-corrected chi connectivity index (χ1v) is 5.60. The second-order valence-corrected chi connectivity index (χ2v) is 7.12. The molecule has 0 nitrogen and oxygen atoms in total. The molecule has 8 heavy (non-hydrogen) atoms. The number of rotatable bonds is 0. The molecule has 0 aromatic heterocycles. The Balaban J connectivity index is 2.79. The molecular formula is C7H10Sb. The summed E-state index contributed by atoms with van der Waals surface area (Å²) in [4.78, 5) is 0. The standard InChI is InChI=1S/C7H9.Sb.H/c1-4-6-7(3)5-2;;/h1-3H3;;. The van der Waals surface area contributed by atoms with Gasteiger partial charge >= 0.3 is 61.1 Å². The van der Waals surface area contributed by atoms with Gasteiger partial charge in [-0.15, -0.1) is 0 Å². The third-order valence-electron chi connectivity index (χ3n) is 1.31. The molecule has 0 unspecified atom stereocenters. The van der Waals surface area contributed by atoms with Gasteiger partial charge in [0.15, 0.2) is 0 Å². The van der Waals surface area contributed by atoms with Crippen LogP contribution in [0.2, 0.25) is 0 Å². The Morgan fingerprint density at radius 3 is 2.00 bits per heavy atom. The van der Waals surface area contributed by atoms with Crippen LogP contribution in [0.3, 0.4) is 0 Å². The van der Waals surface area contributed by atoms with Crippen molar-refractivity contribution in [2.45, 2.75) is 20.8 Å². The van der Waals surface area contributed by atoms with Crippen molar-refractivity contribution in [1.82, 2.24) is 0 Å². The van der Waals surface area contributed by atoms with Crippen LogP contribution in [0.5, 0.6) is 0 Å². The molecule has 0 amide bonds. The summed E-state index contributed by atoms with van der Waals surface area (Å²) in [5.41, 5.74) is 1.41. The fourth-order valence-corrected chi connectivity index (χ4v) is 3.81. The summed E-state index contributed by atoms with van der Waals surface area (Å²) in [6.07, 6.45) is 3.34. The molecule has 43 valence electrons. The minimum absolute atomic E-state index is 0.220. The molecule has 0 bridgehead atoms. The fourth-order valence-electron chi connectivity index (χ4n) is 0.781. The normalized spacial score (nSPS) is 19.6. The molecule has 0 aromatic rings. The maximum atomic E-state index is 3.34. The SMILES string of the molecule is C[C]1=[C]C(C)=[C](C)[SbH]1. The van der Waals surface area contributed by atoms with Crippen molar-refractivity contribution in [3.05, 3.63) is 18.7 Å². The van der Waals surface area contributed by atoms with Gasteiger partial charge in [0.25, 0.3) is 0 Å². The number of hydrogen-bond acceptors (Lipinski definition) is 0. The zero-order chi connectivity index (χ0) is 6.15. The summed E-state index contributed by atoms with van der Waals surface area (Å²) in [5, 5.41) is 0. The first-order chi connectivity index (χ1) is 3.70. The molecule has 1 heteroatoms. The van der Waals surface area contributed by atoms with Gasteiger partial charge in [-0.05, 0) is 0 Å². The minimum atomic E-state index is -0.220. The predicted molar refractivity (Wildman–Crippen MR) is 38.0 cm³/mol. The summed E-state index contributed by atoms with van der Waals surface area (Å²) < 4.78 is 3.19. The molecule has 1 heterocycles. The number of allylic oxidation sites excluding steroid dienone is 4. The van der Waals surface area contributed by atoms with E-state index in [4.69, 9.17) is 0 Å². The fraction of sp³-hybridized carbons (Fsp3) is 0.429. The van der Waals surface area contributed by atoms with Gasteiger partial charge in [-0.1, -0.05) is 0 Å². The molecule has 0 saturated carbocycles. The van der Waals surface area contributed by atoms with E-state index in [9.17, 15) is 0 Å². The van der Waals surface area contributed by atoms with Gasteiger partial charge in [-0.3, -0.25) is 0 Å². The van der Waals surface area contributed by atoms with E-state index in [1.807, 2.05) is 0 Å². The third kappa shape index (κ3) is 1.17. The Kier molecular flexibility index (Phi) is 1.82. The van der Waals surface area contributed by atoms with E-state index in [0.717, 1.165) is 0 Å². The van der Waals surface area contributed by atoms with E-state index in [-0.39, 0.29) is 21.6 Å². The van der Waals surface area contributed by atoms with E-state index in [1.165, 1.54) is 5.57 Å². The van der Waals surface area contributed by atoms with E-state index in [0.29, 0.717) is 0 Å². The molecule has 0 aliphatic carbocycles. The third-order valence-corrected chi connectivity index (χ3v) is 4.88. The second kappa shape index (κ2) is 2.27. The van der Waals surface area contributed by atoms with Gasteiger partial charge in [0.1, 0.15) is 0 Å². The molecule has 0 saturated heterocycles. The van der Waals surface area contributed by atoms with Gasteiger partial charge in [0.05, 0.1) is 0 Å². The summed E-state index contributed by atoms with van der Waals surface area (Å²) in [5.74, 6) is 0. The van der Waals surface area contributed by atoms with Gasteiger partial charge in [0.2, 0.25) is 0 Å². The van der Waals surface area contributed by atoms with Crippen LogP contribution in [0.15, 0.2) is 12.6 Å². The molecule has 0 aromatic carbocycles. The zero-order valence-corrected chi connectivity index (χ0v) is 8.35. The van der Waals surface area contributed by atoms with Crippen molar-refractivity contribution < 1.29 is 0 Å². The van der Waals surface area contributed by atoms with Crippen molar-refractivity contribution in [3.8, 4) is 0 Å². The Morgan fingerprint density at radius 2 is 1.88 bits per heavy atom. The second-order valence-electron chi connectivity index (χ2n) is 2.12. The van der Waals surface area contributed by atoms with Crippen LogP contribution >= 0.6 is 0 Å². The predicted octanol–water partition coefficient (Wildman–Crippen LogP) is 1.44. The molecular weight excluding hydrogens is 206 g/mol. The van der Waals surface area contributed by atoms with Crippen molar-refractivity contribution >= 4 is 21.6 Å². The van der Waals surface area contributed by atoms with Crippen LogP contribution in [0.4, 0.5) is 0 Å². The first-order valence-electron chi connectivity index (χ1n) is 2.75. The molecule has 1 aliphatic heterocycles. The quantitative estimate of drug-likeness (QED) is 0.537. The van der Waals surface area contributed by atoms with Crippen LogP contribution in [0, 0.1) is 6.08 Å². The molecule has 0 fully saturated rings. The molecule has 0 spiro atoms. The van der Waals surface area contributed by atoms with Crippen molar-refractivity contribution in [1.29, 1.82) is 0 Å². The summed E-state index contributed by atoms with van der Waals surface area (Å²) >= 11 is -0.220. The van der Waals surface area contributed by atoms with E-state index >= 15 is 0 Å². The van der Waals surface area contributed by atoms with Crippen molar-refractivity contribution in [3.63, 3.8) is 0 Å². The van der Waals surface area contributed by atoms with Crippen LogP contribution in [-0.2, 0) is 0 Å². The van der Waals surface area contributed by atoms with Gasteiger partial charge in [-0.2, -0.15) is 0 Å². The Morgan fingerprint density at radius 1 is 1.25 bits per heavy atom. The topological polar surface area (TPSA) is 0 Å². The van der Waals surface area contributed by atoms with Crippen LogP contribution in [-0.4, -0.2) is 21.6 Å². The van der Waals surface area contributed by atoms with Crippen molar-refractivity contribution in [2.75, 3.05) is 0 Å². The molecule has 0 atom stereocenters. The maximum absolute atomic E-state index is 3.34. The Labute approximate surface area is 61.2 Å². The number of hydrogen-bond donors (Lipinski definition) is 0. The van der Waals surface area contributed by atoms with E-state index in [1.54, 1.807) is 7.04 Å². The van der Waals surface area contributed by atoms with Gasteiger partial charge < -0.3 is 0 Å². The van der Waals surface area contributed by atoms with Gasteiger partial charge in [0, 0.05) is 0 Å². The first kappa shape index (κ1) is 6.42. The monoisotopic (exact) mass is 215 g/mol. The Hall–Kier alpha value is 0.298. The Bertz CT molecular complexity index is 163. The summed E-state index contributed by atoms with van der Waals surface area (Å²) in [6.45, 7) is 6.60. The van der Waals surface area contributed by atoms with Crippen LogP contribution in [0.1, 0.15) is 20.8 Å². The molecule has 1 aliphatic rings. The molecule has 0 N–H and O–H groups in total. The average Bonchev–Trinajstić information content (AvgIpc) is 1.85. The molecule has 1 rings (SSSR count). The van der Waals surface area contributed by atoms with Crippen LogP contribution < -0.4 is 0 Å².